The number of ether oxygens (including phenoxy) is 1. The molecule has 0 amide bonds. The zero-order chi connectivity index (χ0) is 11.0. The number of hydrogen-bond donors (Lipinski definition) is 1. The van der Waals surface area contributed by atoms with Crippen LogP contribution < -0.4 is 0 Å². The van der Waals surface area contributed by atoms with Crippen molar-refractivity contribution in [1.29, 1.82) is 0 Å². The summed E-state index contributed by atoms with van der Waals surface area (Å²) in [6, 6.07) is 0. The van der Waals surface area contributed by atoms with Crippen LogP contribution in [0.1, 0.15) is 12.8 Å². The second-order valence-corrected chi connectivity index (χ2v) is 2.18. The van der Waals surface area contributed by atoms with E-state index in [-0.39, 0.29) is 12.8 Å². The van der Waals surface area contributed by atoms with Crippen molar-refractivity contribution in [2.45, 2.75) is 12.8 Å². The fraction of sp³-hybridized carbons (Fsp3) is 0.571. The first kappa shape index (κ1) is 12.4. The summed E-state index contributed by atoms with van der Waals surface area (Å²) in [5.74, 6) is -2.75. The molecule has 14 heavy (non-hydrogen) atoms. The number of rotatable bonds is 6. The van der Waals surface area contributed by atoms with Gasteiger partial charge < -0.3 is 9.84 Å². The van der Waals surface area contributed by atoms with Crippen LogP contribution in [-0.4, -0.2) is 36.7 Å². The van der Waals surface area contributed by atoms with Gasteiger partial charge in [0.2, 0.25) is 0 Å². The fourth-order valence-electron chi connectivity index (χ4n) is 0.553. The number of carbonyl (C=O) groups excluding carboxylic acids is 2. The number of carbonyl (C=O) groups is 3. The lowest BCUT2D eigenvalue weighted by molar-refractivity contribution is -0.255. The maximum absolute atomic E-state index is 10.7. The van der Waals surface area contributed by atoms with E-state index in [9.17, 15) is 14.4 Å². The van der Waals surface area contributed by atoms with Crippen molar-refractivity contribution in [1.82, 2.24) is 0 Å². The number of hydrogen-bond acceptors (Lipinski definition) is 6. The second kappa shape index (κ2) is 6.84. The van der Waals surface area contributed by atoms with E-state index in [0.29, 0.717) is 0 Å². The van der Waals surface area contributed by atoms with Crippen LogP contribution in [-0.2, 0) is 28.9 Å². The largest absolute Gasteiger partial charge is 0.479 e. The summed E-state index contributed by atoms with van der Waals surface area (Å²) in [5.41, 5.74) is 0. The molecule has 0 aromatic rings. The molecule has 0 saturated carbocycles. The lowest BCUT2D eigenvalue weighted by Crippen LogP contribution is -2.14. The zero-order valence-corrected chi connectivity index (χ0v) is 7.52. The van der Waals surface area contributed by atoms with Gasteiger partial charge in [0.1, 0.15) is 0 Å². The van der Waals surface area contributed by atoms with Crippen molar-refractivity contribution in [3.05, 3.63) is 0 Å². The van der Waals surface area contributed by atoms with E-state index in [2.05, 4.69) is 14.5 Å². The topological polar surface area (TPSA) is 99.1 Å². The summed E-state index contributed by atoms with van der Waals surface area (Å²) in [6.45, 7) is -0.710. The second-order valence-electron chi connectivity index (χ2n) is 2.18. The van der Waals surface area contributed by atoms with Gasteiger partial charge in [-0.25, -0.2) is 9.59 Å². The van der Waals surface area contributed by atoms with Gasteiger partial charge in [0.05, 0.1) is 20.0 Å². The Kier molecular flexibility index (Phi) is 6.04. The van der Waals surface area contributed by atoms with Gasteiger partial charge in [0, 0.05) is 0 Å². The van der Waals surface area contributed by atoms with Crippen molar-refractivity contribution in [3.63, 3.8) is 0 Å². The van der Waals surface area contributed by atoms with Gasteiger partial charge in [-0.2, -0.15) is 4.89 Å². The molecule has 0 fully saturated rings. The molecule has 0 rings (SSSR count). The van der Waals surface area contributed by atoms with E-state index < -0.39 is 24.5 Å². The Hall–Kier alpha value is -1.63. The molecule has 0 spiro atoms. The van der Waals surface area contributed by atoms with Gasteiger partial charge in [0.25, 0.3) is 0 Å². The van der Waals surface area contributed by atoms with Crippen molar-refractivity contribution < 1.29 is 34.0 Å². The molecule has 0 heterocycles. The molecule has 0 aromatic carbocycles. The van der Waals surface area contributed by atoms with E-state index in [0.717, 1.165) is 7.11 Å². The van der Waals surface area contributed by atoms with Crippen LogP contribution in [0.15, 0.2) is 0 Å². The molecule has 0 aliphatic carbocycles. The van der Waals surface area contributed by atoms with Crippen LogP contribution in [0.3, 0.4) is 0 Å². The monoisotopic (exact) mass is 206 g/mol. The molecule has 0 unspecified atom stereocenters. The molecular formula is C7H10O7. The summed E-state index contributed by atoms with van der Waals surface area (Å²) in [6.07, 6.45) is -0.457. The predicted octanol–water partition coefficient (Wildman–Crippen LogP) is -0.501. The third-order valence-corrected chi connectivity index (χ3v) is 1.07. The highest BCUT2D eigenvalue weighted by Gasteiger charge is 2.10. The molecule has 7 heteroatoms. The fourth-order valence-corrected chi connectivity index (χ4v) is 0.553. The molecule has 0 bridgehead atoms. The summed E-state index contributed by atoms with van der Waals surface area (Å²) >= 11 is 0. The Morgan fingerprint density at radius 3 is 2.21 bits per heavy atom. The Bertz CT molecular complexity index is 222. The normalized spacial score (nSPS) is 9.21. The van der Waals surface area contributed by atoms with Crippen molar-refractivity contribution >= 4 is 17.9 Å². The smallest absolute Gasteiger partial charge is 0.342 e. The van der Waals surface area contributed by atoms with Crippen LogP contribution in [0, 0.1) is 0 Å². The van der Waals surface area contributed by atoms with Gasteiger partial charge in [-0.3, -0.25) is 9.68 Å². The van der Waals surface area contributed by atoms with Crippen LogP contribution in [0.25, 0.3) is 0 Å². The lowest BCUT2D eigenvalue weighted by atomic mass is 10.3. The molecule has 0 atom stereocenters. The first-order valence-corrected chi connectivity index (χ1v) is 3.67. The predicted molar refractivity (Wildman–Crippen MR) is 40.9 cm³/mol. The standard InChI is InChI=1S/C7H10O7/c1-12-14-7(11)3-2-6(10)13-4-5(8)9/h2-4H2,1H3,(H,8,9). The summed E-state index contributed by atoms with van der Waals surface area (Å²) in [5, 5.41) is 8.14. The molecule has 1 N–H and O–H groups in total. The molecule has 0 aliphatic heterocycles. The highest BCUT2D eigenvalue weighted by Crippen LogP contribution is 1.95. The molecule has 0 aromatic heterocycles. The van der Waals surface area contributed by atoms with E-state index >= 15 is 0 Å². The average Bonchev–Trinajstić information content (AvgIpc) is 2.12. The molecule has 0 saturated heterocycles. The molecule has 80 valence electrons. The zero-order valence-electron chi connectivity index (χ0n) is 7.52. The summed E-state index contributed by atoms with van der Waals surface area (Å²) in [7, 11) is 1.15. The van der Waals surface area contributed by atoms with E-state index in [1.807, 2.05) is 0 Å². The Balaban J connectivity index is 3.53. The van der Waals surface area contributed by atoms with Crippen molar-refractivity contribution in [3.8, 4) is 0 Å². The summed E-state index contributed by atoms with van der Waals surface area (Å²) in [4.78, 5) is 39.4. The first-order valence-electron chi connectivity index (χ1n) is 3.67. The van der Waals surface area contributed by atoms with Crippen LogP contribution >= 0.6 is 0 Å². The highest BCUT2D eigenvalue weighted by molar-refractivity contribution is 5.79. The lowest BCUT2D eigenvalue weighted by Gasteiger charge is -2.00. The summed E-state index contributed by atoms with van der Waals surface area (Å²) < 4.78 is 4.24. The van der Waals surface area contributed by atoms with E-state index in [1.165, 1.54) is 0 Å². The van der Waals surface area contributed by atoms with Crippen molar-refractivity contribution in [2.24, 2.45) is 0 Å². The van der Waals surface area contributed by atoms with Crippen LogP contribution in [0.5, 0.6) is 0 Å². The highest BCUT2D eigenvalue weighted by atomic mass is 17.2. The van der Waals surface area contributed by atoms with E-state index in [4.69, 9.17) is 5.11 Å². The molecular weight excluding hydrogens is 196 g/mol. The molecule has 0 radical (unpaired) electrons. The third kappa shape index (κ3) is 7.04. The minimum atomic E-state index is -1.25. The third-order valence-electron chi connectivity index (χ3n) is 1.07. The van der Waals surface area contributed by atoms with E-state index in [1.54, 1.807) is 0 Å². The molecule has 0 aliphatic rings. The number of aliphatic carboxylic acids is 1. The maximum atomic E-state index is 10.7. The Morgan fingerprint density at radius 2 is 1.71 bits per heavy atom. The van der Waals surface area contributed by atoms with Crippen LogP contribution in [0.2, 0.25) is 0 Å². The quantitative estimate of drug-likeness (QED) is 0.355. The van der Waals surface area contributed by atoms with Gasteiger partial charge in [0.15, 0.2) is 6.61 Å². The number of esters is 1. The Labute approximate surface area is 79.5 Å². The van der Waals surface area contributed by atoms with Gasteiger partial charge >= 0.3 is 17.9 Å². The minimum Gasteiger partial charge on any atom is -0.479 e. The van der Waals surface area contributed by atoms with Gasteiger partial charge in [-0.15, -0.1) is 0 Å². The van der Waals surface area contributed by atoms with Gasteiger partial charge in [-0.1, -0.05) is 0 Å². The SMILES string of the molecule is COOC(=O)CCC(=O)OCC(=O)O. The van der Waals surface area contributed by atoms with Crippen LogP contribution in [0.4, 0.5) is 0 Å². The minimum absolute atomic E-state index is 0.216. The van der Waals surface area contributed by atoms with Crippen molar-refractivity contribution in [2.75, 3.05) is 13.7 Å². The molecule has 7 nitrogen and oxygen atoms in total. The number of carboxylic acid groups (broad SMARTS) is 1. The van der Waals surface area contributed by atoms with Gasteiger partial charge in [-0.05, 0) is 0 Å². The number of carboxylic acids is 1. The average molecular weight is 206 g/mol. The maximum Gasteiger partial charge on any atom is 0.342 e. The first-order chi connectivity index (χ1) is 6.56. The Morgan fingerprint density at radius 1 is 1.14 bits per heavy atom.